The number of nitrogens with one attached hydrogen (secondary N) is 1. The van der Waals surface area contributed by atoms with E-state index in [0.29, 0.717) is 6.54 Å². The largest absolute Gasteiger partial charge is 0.397 e. The molecule has 7 nitrogen and oxygen atoms in total. The summed E-state index contributed by atoms with van der Waals surface area (Å²) in [6.07, 6.45) is 1.46. The maximum Gasteiger partial charge on any atom is 0.271 e. The van der Waals surface area contributed by atoms with Crippen LogP contribution >= 0.6 is 0 Å². The van der Waals surface area contributed by atoms with E-state index < -0.39 is 30.3 Å². The highest BCUT2D eigenvalue weighted by Gasteiger charge is 2.23. The molecule has 0 aliphatic rings. The fourth-order valence-electron chi connectivity index (χ4n) is 2.34. The standard InChI is InChI=1S/C18H20FN3O3.C2H6O.C2H6/c1-12(17(24)21-13(2)16(23)10-19)15-8-9-20-22(18(15)25)11-14-6-4-3-5-7-14;1-2-3;1-2/h3-9,12-13H,10-11H2,1-2H3,(H,21,24);3H,2H2,1H3;1-2H3. The Morgan fingerprint density at radius 3 is 2.27 bits per heavy atom. The zero-order chi connectivity index (χ0) is 23.1. The first kappa shape index (κ1) is 27.1. The van der Waals surface area contributed by atoms with Crippen LogP contribution in [0.1, 0.15) is 51.7 Å². The van der Waals surface area contributed by atoms with E-state index in [1.165, 1.54) is 23.9 Å². The minimum absolute atomic E-state index is 0.250. The average molecular weight is 422 g/mol. The Hall–Kier alpha value is -2.87. The summed E-state index contributed by atoms with van der Waals surface area (Å²) in [6, 6.07) is 9.90. The van der Waals surface area contributed by atoms with Crippen molar-refractivity contribution in [2.24, 2.45) is 0 Å². The highest BCUT2D eigenvalue weighted by molar-refractivity contribution is 5.91. The lowest BCUT2D eigenvalue weighted by Crippen LogP contribution is -2.42. The minimum atomic E-state index is -1.14. The second-order valence-electron chi connectivity index (χ2n) is 6.10. The fraction of sp³-hybridized carbons (Fsp3) is 0.455. The van der Waals surface area contributed by atoms with Gasteiger partial charge >= 0.3 is 0 Å². The fourth-order valence-corrected chi connectivity index (χ4v) is 2.34. The molecule has 2 rings (SSSR count). The molecular weight excluding hydrogens is 389 g/mol. The Labute approximate surface area is 176 Å². The lowest BCUT2D eigenvalue weighted by atomic mass is 10.0. The molecule has 2 aromatic rings. The number of nitrogens with zero attached hydrogens (tertiary/aromatic N) is 2. The second-order valence-corrected chi connectivity index (χ2v) is 6.10. The van der Waals surface area contributed by atoms with Gasteiger partial charge in [0.05, 0.1) is 18.5 Å². The topological polar surface area (TPSA) is 101 Å². The van der Waals surface area contributed by atoms with Gasteiger partial charge in [-0.1, -0.05) is 44.2 Å². The van der Waals surface area contributed by atoms with Gasteiger partial charge in [0.2, 0.25) is 5.91 Å². The summed E-state index contributed by atoms with van der Waals surface area (Å²) < 4.78 is 13.7. The number of aromatic nitrogens is 2. The molecule has 0 saturated heterocycles. The molecule has 0 fully saturated rings. The molecule has 2 N–H and O–H groups in total. The summed E-state index contributed by atoms with van der Waals surface area (Å²) in [6.45, 7) is 8.05. The van der Waals surface area contributed by atoms with E-state index in [4.69, 9.17) is 5.11 Å². The summed E-state index contributed by atoms with van der Waals surface area (Å²) in [5.41, 5.74) is 0.801. The molecule has 2 atom stereocenters. The van der Waals surface area contributed by atoms with Gasteiger partial charge in [0.1, 0.15) is 6.67 Å². The quantitative estimate of drug-likeness (QED) is 0.715. The Bertz CT molecular complexity index is 825. The van der Waals surface area contributed by atoms with E-state index in [0.717, 1.165) is 5.56 Å². The number of halogens is 1. The van der Waals surface area contributed by atoms with Gasteiger partial charge in [-0.2, -0.15) is 5.10 Å². The van der Waals surface area contributed by atoms with Crippen LogP contribution in [-0.2, 0) is 16.1 Å². The number of benzene rings is 1. The van der Waals surface area contributed by atoms with Crippen molar-refractivity contribution in [3.8, 4) is 0 Å². The van der Waals surface area contributed by atoms with Gasteiger partial charge in [-0.15, -0.1) is 0 Å². The first-order chi connectivity index (χ1) is 14.3. The molecule has 1 amide bonds. The van der Waals surface area contributed by atoms with Crippen LogP contribution in [0.3, 0.4) is 0 Å². The van der Waals surface area contributed by atoms with Crippen LogP contribution in [0.2, 0.25) is 0 Å². The third-order valence-electron chi connectivity index (χ3n) is 3.95. The molecule has 1 aromatic heterocycles. The summed E-state index contributed by atoms with van der Waals surface area (Å²) in [5, 5.41) is 14.0. The SMILES string of the molecule is CC.CC(NC(=O)C(C)c1ccnn(Cc2ccccc2)c1=O)C(=O)CF.CCO. The van der Waals surface area contributed by atoms with E-state index in [2.05, 4.69) is 10.4 Å². The number of hydrogen-bond donors (Lipinski definition) is 2. The lowest BCUT2D eigenvalue weighted by Gasteiger charge is -2.16. The van der Waals surface area contributed by atoms with Crippen molar-refractivity contribution >= 4 is 11.7 Å². The summed E-state index contributed by atoms with van der Waals surface area (Å²) in [7, 11) is 0. The molecule has 2 unspecified atom stereocenters. The van der Waals surface area contributed by atoms with Crippen molar-refractivity contribution in [3.63, 3.8) is 0 Å². The van der Waals surface area contributed by atoms with Gasteiger partial charge in [0.15, 0.2) is 5.78 Å². The van der Waals surface area contributed by atoms with Crippen LogP contribution in [0, 0.1) is 0 Å². The van der Waals surface area contributed by atoms with Crippen molar-refractivity contribution in [3.05, 3.63) is 64.1 Å². The van der Waals surface area contributed by atoms with Gasteiger partial charge in [0.25, 0.3) is 5.56 Å². The molecule has 0 aliphatic heterocycles. The third kappa shape index (κ3) is 8.65. The zero-order valence-electron chi connectivity index (χ0n) is 18.3. The van der Waals surface area contributed by atoms with Gasteiger partial charge in [-0.3, -0.25) is 14.4 Å². The normalized spacial score (nSPS) is 11.7. The number of amides is 1. The van der Waals surface area contributed by atoms with Crippen LogP contribution in [0.5, 0.6) is 0 Å². The summed E-state index contributed by atoms with van der Waals surface area (Å²) in [5.74, 6) is -2.01. The van der Waals surface area contributed by atoms with E-state index in [1.807, 2.05) is 44.2 Å². The monoisotopic (exact) mass is 421 g/mol. The maximum atomic E-state index is 12.6. The molecule has 0 saturated carbocycles. The van der Waals surface area contributed by atoms with E-state index in [9.17, 15) is 18.8 Å². The van der Waals surface area contributed by atoms with Gasteiger partial charge in [0, 0.05) is 18.4 Å². The number of carbonyl (C=O) groups excluding carboxylic acids is 2. The molecule has 1 aromatic carbocycles. The lowest BCUT2D eigenvalue weighted by molar-refractivity contribution is -0.128. The molecule has 0 spiro atoms. The number of carbonyl (C=O) groups is 2. The van der Waals surface area contributed by atoms with E-state index in [-0.39, 0.29) is 17.7 Å². The average Bonchev–Trinajstić information content (AvgIpc) is 2.76. The highest BCUT2D eigenvalue weighted by atomic mass is 19.1. The van der Waals surface area contributed by atoms with Crippen LogP contribution in [-0.4, -0.2) is 45.9 Å². The molecule has 0 aliphatic carbocycles. The van der Waals surface area contributed by atoms with Crippen molar-refractivity contribution in [2.75, 3.05) is 13.3 Å². The first-order valence-electron chi connectivity index (χ1n) is 9.95. The number of alkyl halides is 1. The Morgan fingerprint density at radius 1 is 1.17 bits per heavy atom. The van der Waals surface area contributed by atoms with Crippen LogP contribution in [0.4, 0.5) is 4.39 Å². The predicted octanol–water partition coefficient (Wildman–Crippen LogP) is 2.46. The van der Waals surface area contributed by atoms with Crippen molar-refractivity contribution < 1.29 is 19.1 Å². The highest BCUT2D eigenvalue weighted by Crippen LogP contribution is 2.11. The molecule has 0 bridgehead atoms. The number of Topliss-reactive ketones (excluding diaryl/α,β-unsaturated/α-hetero) is 1. The van der Waals surface area contributed by atoms with Gasteiger partial charge in [-0.25, -0.2) is 9.07 Å². The third-order valence-corrected chi connectivity index (χ3v) is 3.95. The van der Waals surface area contributed by atoms with Crippen LogP contribution in [0.15, 0.2) is 47.4 Å². The predicted molar refractivity (Wildman–Crippen MR) is 115 cm³/mol. The number of aliphatic hydroxyl groups excluding tert-OH is 1. The molecule has 8 heteroatoms. The smallest absolute Gasteiger partial charge is 0.271 e. The molecule has 1 heterocycles. The van der Waals surface area contributed by atoms with Crippen molar-refractivity contribution in [2.45, 2.75) is 53.1 Å². The minimum Gasteiger partial charge on any atom is -0.397 e. The van der Waals surface area contributed by atoms with Crippen LogP contribution < -0.4 is 10.9 Å². The second kappa shape index (κ2) is 15.0. The van der Waals surface area contributed by atoms with Gasteiger partial charge in [-0.05, 0) is 32.4 Å². The number of ketones is 1. The van der Waals surface area contributed by atoms with Crippen molar-refractivity contribution in [1.29, 1.82) is 0 Å². The summed E-state index contributed by atoms with van der Waals surface area (Å²) in [4.78, 5) is 36.1. The van der Waals surface area contributed by atoms with Crippen molar-refractivity contribution in [1.82, 2.24) is 15.1 Å². The van der Waals surface area contributed by atoms with Gasteiger partial charge < -0.3 is 10.4 Å². The number of aliphatic hydroxyl groups is 1. The Kier molecular flexibility index (Phi) is 13.6. The number of hydrogen-bond acceptors (Lipinski definition) is 5. The Balaban J connectivity index is 0.00000154. The summed E-state index contributed by atoms with van der Waals surface area (Å²) >= 11 is 0. The molecular formula is C22H32FN3O4. The molecule has 30 heavy (non-hydrogen) atoms. The molecule has 0 radical (unpaired) electrons. The Morgan fingerprint density at radius 2 is 1.73 bits per heavy atom. The number of rotatable bonds is 7. The maximum absolute atomic E-state index is 12.6. The van der Waals surface area contributed by atoms with E-state index >= 15 is 0 Å². The zero-order valence-corrected chi connectivity index (χ0v) is 18.3. The molecule has 166 valence electrons. The first-order valence-corrected chi connectivity index (χ1v) is 9.95. The van der Waals surface area contributed by atoms with Crippen LogP contribution in [0.25, 0.3) is 0 Å². The van der Waals surface area contributed by atoms with E-state index in [1.54, 1.807) is 13.8 Å².